The fraction of sp³-hybridized carbons (Fsp3) is 0. The van der Waals surface area contributed by atoms with Crippen molar-refractivity contribution in [3.05, 3.63) is 75.8 Å². The van der Waals surface area contributed by atoms with Crippen LogP contribution in [0.15, 0.2) is 60.3 Å². The molecule has 0 unspecified atom stereocenters. The summed E-state index contributed by atoms with van der Waals surface area (Å²) in [6.07, 6.45) is 0. The van der Waals surface area contributed by atoms with Crippen molar-refractivity contribution < 1.29 is 61.1 Å². The number of carbonyl (C=O) groups excluding carboxylic acids is 1. The summed E-state index contributed by atoms with van der Waals surface area (Å²) in [5.41, 5.74) is 1.31. The van der Waals surface area contributed by atoms with E-state index in [1.807, 2.05) is 30.3 Å². The van der Waals surface area contributed by atoms with E-state index in [0.29, 0.717) is 5.69 Å². The van der Waals surface area contributed by atoms with Crippen molar-refractivity contribution in [2.45, 2.75) is 0 Å². The Morgan fingerprint density at radius 3 is 2.09 bits per heavy atom. The zero-order valence-corrected chi connectivity index (χ0v) is 14.9. The molecule has 0 saturated carbocycles. The molecule has 0 aromatic heterocycles. The van der Waals surface area contributed by atoms with Crippen LogP contribution in [0.1, 0.15) is 0 Å². The van der Waals surface area contributed by atoms with E-state index >= 15 is 0 Å². The van der Waals surface area contributed by atoms with Gasteiger partial charge in [0.1, 0.15) is 0 Å². The van der Waals surface area contributed by atoms with Crippen LogP contribution in [-0.4, -0.2) is 16.7 Å². The molecule has 104 valence electrons. The Labute approximate surface area is 169 Å². The fourth-order valence-electron chi connectivity index (χ4n) is 1.74. The summed E-state index contributed by atoms with van der Waals surface area (Å²) in [5.74, 6) is 0.232. The number of nitrogens with zero attached hydrogens (tertiary/aromatic N) is 2. The molecule has 1 N–H and O–H groups in total. The van der Waals surface area contributed by atoms with Crippen molar-refractivity contribution in [3.8, 4) is 11.1 Å². The topological polar surface area (TPSA) is 94.5 Å². The monoisotopic (exact) mass is 319 g/mol. The van der Waals surface area contributed by atoms with Gasteiger partial charge in [-0.05, 0) is 23.3 Å². The number of hydrogen-bond donors (Lipinski definition) is 1. The number of hydrogen-bond acceptors (Lipinski definition) is 3. The van der Waals surface area contributed by atoms with E-state index in [0.717, 1.165) is 11.1 Å². The Hall–Kier alpha value is -1.60. The maximum absolute atomic E-state index is 11.5. The molecule has 2 aromatic carbocycles. The molecule has 2 rings (SSSR count). The molecule has 0 aliphatic heterocycles. The molecule has 7 heteroatoms. The quantitative estimate of drug-likeness (QED) is 0.275. The van der Waals surface area contributed by atoms with Crippen molar-refractivity contribution in [3.63, 3.8) is 0 Å². The zero-order valence-electron chi connectivity index (χ0n) is 11.8. The first kappa shape index (κ1) is 18.4. The van der Waals surface area contributed by atoms with Gasteiger partial charge in [0.15, 0.2) is 0 Å². The smallest absolute Gasteiger partial charge is 0.757 e. The number of rotatable bonds is 4. The molecule has 22 heavy (non-hydrogen) atoms. The standard InChI is InChI=1S/C15H10N3O3.K/c16-10-14(18(20)21)15(19)17-13-8-6-12(7-9-13)11-4-2-1-3-5-11;/h1-9H,(H,17,19);/q-1;+1. The minimum Gasteiger partial charge on any atom is -0.757 e. The maximum atomic E-state index is 11.5. The van der Waals surface area contributed by atoms with E-state index in [1.54, 1.807) is 24.3 Å². The predicted octanol–water partition coefficient (Wildman–Crippen LogP) is -0.304. The van der Waals surface area contributed by atoms with E-state index in [9.17, 15) is 14.9 Å². The van der Waals surface area contributed by atoms with Crippen molar-refractivity contribution in [2.75, 3.05) is 5.32 Å². The molecular weight excluding hydrogens is 309 g/mol. The Bertz CT molecular complexity index is 723. The Morgan fingerprint density at radius 2 is 1.59 bits per heavy atom. The van der Waals surface area contributed by atoms with Crippen LogP contribution in [0.25, 0.3) is 16.5 Å². The van der Waals surface area contributed by atoms with Crippen LogP contribution in [0.4, 0.5) is 5.69 Å². The summed E-state index contributed by atoms with van der Waals surface area (Å²) in [7, 11) is 0. The van der Waals surface area contributed by atoms with Crippen LogP contribution in [-0.2, 0) is 4.79 Å². The summed E-state index contributed by atoms with van der Waals surface area (Å²) >= 11 is 0. The first-order valence-corrected chi connectivity index (χ1v) is 6.00. The first-order valence-electron chi connectivity index (χ1n) is 6.00. The van der Waals surface area contributed by atoms with E-state index in [-0.39, 0.29) is 51.4 Å². The summed E-state index contributed by atoms with van der Waals surface area (Å²) in [6.45, 7) is 0. The van der Waals surface area contributed by atoms with E-state index < -0.39 is 16.5 Å². The van der Waals surface area contributed by atoms with Gasteiger partial charge in [0.2, 0.25) is 0 Å². The third-order valence-electron chi connectivity index (χ3n) is 2.75. The number of benzene rings is 2. The second-order valence-electron chi connectivity index (χ2n) is 4.12. The van der Waals surface area contributed by atoms with E-state index in [2.05, 4.69) is 5.32 Å². The van der Waals surface area contributed by atoms with Crippen LogP contribution < -0.4 is 56.7 Å². The van der Waals surface area contributed by atoms with Gasteiger partial charge in [0, 0.05) is 5.69 Å². The molecule has 0 aliphatic rings. The average molecular weight is 319 g/mol. The predicted molar refractivity (Wildman–Crippen MR) is 79.4 cm³/mol. The first-order chi connectivity index (χ1) is 10.1. The summed E-state index contributed by atoms with van der Waals surface area (Å²) < 4.78 is 0. The van der Waals surface area contributed by atoms with Crippen molar-refractivity contribution in [1.82, 2.24) is 0 Å². The molecule has 2 aromatic rings. The second-order valence-corrected chi connectivity index (χ2v) is 4.12. The Morgan fingerprint density at radius 1 is 1.05 bits per heavy atom. The fourth-order valence-corrected chi connectivity index (χ4v) is 1.74. The van der Waals surface area contributed by atoms with Gasteiger partial charge >= 0.3 is 63.0 Å². The van der Waals surface area contributed by atoms with Gasteiger partial charge < -0.3 is 10.7 Å². The Kier molecular flexibility index (Phi) is 7.33. The molecular formula is C15H10KN3O3. The van der Waals surface area contributed by atoms with E-state index in [4.69, 9.17) is 5.41 Å². The molecule has 0 saturated heterocycles. The van der Waals surface area contributed by atoms with Crippen LogP contribution in [0.2, 0.25) is 0 Å². The van der Waals surface area contributed by atoms with Crippen LogP contribution >= 0.6 is 0 Å². The molecule has 0 bridgehead atoms. The van der Waals surface area contributed by atoms with Gasteiger partial charge in [-0.1, -0.05) is 42.5 Å². The normalized spacial score (nSPS) is 9.09. The van der Waals surface area contributed by atoms with Crippen LogP contribution in [0, 0.1) is 10.1 Å². The number of anilines is 1. The SMILES string of the molecule is [K+].[N-]=C=C(C(=O)Nc1ccc(-c2ccccc2)cc1)[N+](=O)[O-]. The van der Waals surface area contributed by atoms with Gasteiger partial charge in [-0.2, -0.15) is 5.87 Å². The number of nitro groups is 1. The third-order valence-corrected chi connectivity index (χ3v) is 2.75. The number of carbonyl (C=O) groups is 1. The second kappa shape index (κ2) is 8.75. The molecule has 0 radical (unpaired) electrons. The minimum absolute atomic E-state index is 0. The van der Waals surface area contributed by atoms with Crippen molar-refractivity contribution in [1.29, 1.82) is 0 Å². The van der Waals surface area contributed by atoms with Crippen molar-refractivity contribution in [2.24, 2.45) is 0 Å². The van der Waals surface area contributed by atoms with Gasteiger partial charge in [-0.25, -0.2) is 0 Å². The van der Waals surface area contributed by atoms with E-state index in [1.165, 1.54) is 5.87 Å². The third kappa shape index (κ3) is 4.71. The number of amides is 1. The van der Waals surface area contributed by atoms with Gasteiger partial charge in [0.25, 0.3) is 0 Å². The maximum Gasteiger partial charge on any atom is 1.00 e. The van der Waals surface area contributed by atoms with Gasteiger partial charge in [0.05, 0.1) is 4.92 Å². The number of nitrogens with one attached hydrogen (secondary N) is 1. The molecule has 0 fully saturated rings. The minimum atomic E-state index is -1.04. The van der Waals surface area contributed by atoms with Crippen LogP contribution in [0.3, 0.4) is 0 Å². The average Bonchev–Trinajstić information content (AvgIpc) is 2.49. The Balaban J connectivity index is 0.00000242. The van der Waals surface area contributed by atoms with Crippen molar-refractivity contribution >= 4 is 17.5 Å². The summed E-state index contributed by atoms with van der Waals surface area (Å²) in [5, 5.41) is 21.3. The molecule has 6 nitrogen and oxygen atoms in total. The molecule has 0 atom stereocenters. The molecule has 0 aliphatic carbocycles. The largest absolute Gasteiger partial charge is 1.00 e. The van der Waals surface area contributed by atoms with Crippen LogP contribution in [0.5, 0.6) is 0 Å². The van der Waals surface area contributed by atoms with Gasteiger partial charge in [-0.3, -0.25) is 14.9 Å². The van der Waals surface area contributed by atoms with Gasteiger partial charge in [-0.15, -0.1) is 0 Å². The summed E-state index contributed by atoms with van der Waals surface area (Å²) in [4.78, 5) is 21.0. The molecule has 0 spiro atoms. The molecule has 0 heterocycles. The molecule has 1 amide bonds. The zero-order chi connectivity index (χ0) is 15.2. The summed E-state index contributed by atoms with van der Waals surface area (Å²) in [6, 6.07) is 16.4.